The molecule has 0 radical (unpaired) electrons. The molecule has 10 heteroatoms. The van der Waals surface area contributed by atoms with Gasteiger partial charge in [-0.25, -0.2) is 8.42 Å². The van der Waals surface area contributed by atoms with E-state index in [9.17, 15) is 18.0 Å². The second-order valence-corrected chi connectivity index (χ2v) is 13.4. The van der Waals surface area contributed by atoms with Gasteiger partial charge in [0.2, 0.25) is 5.91 Å². The minimum Gasteiger partial charge on any atom is -0.466 e. The Morgan fingerprint density at radius 2 is 1.76 bits per heavy atom. The molecule has 2 aliphatic rings. The number of carbonyl (C=O) groups is 2. The minimum absolute atomic E-state index is 0.0789. The molecule has 8 nitrogen and oxygen atoms in total. The Kier molecular flexibility index (Phi) is 9.62. The van der Waals surface area contributed by atoms with Crippen LogP contribution < -0.4 is 11.1 Å². The topological polar surface area (TPSA) is 125 Å². The second-order valence-electron chi connectivity index (χ2n) is 10.8. The van der Waals surface area contributed by atoms with E-state index in [1.807, 2.05) is 44.2 Å². The second kappa shape index (κ2) is 12.8. The van der Waals surface area contributed by atoms with E-state index in [1.54, 1.807) is 25.1 Å². The van der Waals surface area contributed by atoms with Gasteiger partial charge in [-0.2, -0.15) is 0 Å². The molecule has 0 aromatic heterocycles. The fraction of sp³-hybridized carbons (Fsp3) is 0.419. The fourth-order valence-corrected chi connectivity index (χ4v) is 7.04. The van der Waals surface area contributed by atoms with E-state index >= 15 is 0 Å². The summed E-state index contributed by atoms with van der Waals surface area (Å²) < 4.78 is 36.7. The van der Waals surface area contributed by atoms with E-state index in [2.05, 4.69) is 5.32 Å². The quantitative estimate of drug-likeness (QED) is 0.258. The van der Waals surface area contributed by atoms with Crippen molar-refractivity contribution in [2.75, 3.05) is 12.4 Å². The monoisotopic (exact) mass is 600 g/mol. The number of alkyl halides is 1. The number of ether oxygens (including phenoxy) is 2. The van der Waals surface area contributed by atoms with Gasteiger partial charge < -0.3 is 20.5 Å². The van der Waals surface area contributed by atoms with Gasteiger partial charge in [-0.3, -0.25) is 9.59 Å². The third-order valence-corrected chi connectivity index (χ3v) is 9.35. The first-order chi connectivity index (χ1) is 19.4. The molecular formula is C31H37ClN2O6S. The maximum Gasteiger partial charge on any atom is 0.306 e. The van der Waals surface area contributed by atoms with E-state index in [0.29, 0.717) is 22.5 Å². The van der Waals surface area contributed by atoms with Crippen molar-refractivity contribution in [2.24, 2.45) is 11.7 Å². The first-order valence-corrected chi connectivity index (χ1v) is 15.9. The number of allylic oxidation sites excluding steroid dienone is 1. The van der Waals surface area contributed by atoms with Crippen LogP contribution >= 0.6 is 11.6 Å². The summed E-state index contributed by atoms with van der Waals surface area (Å²) in [6, 6.07) is 15.6. The Morgan fingerprint density at radius 3 is 2.34 bits per heavy atom. The van der Waals surface area contributed by atoms with Gasteiger partial charge in [0.15, 0.2) is 14.9 Å². The van der Waals surface area contributed by atoms with Gasteiger partial charge in [0, 0.05) is 17.7 Å². The molecule has 2 aliphatic carbocycles. The molecule has 2 aromatic carbocycles. The maximum absolute atomic E-state index is 13.7. The summed E-state index contributed by atoms with van der Waals surface area (Å²) in [7, 11) is -3.42. The van der Waals surface area contributed by atoms with Gasteiger partial charge >= 0.3 is 5.97 Å². The molecule has 2 aromatic rings. The number of nitrogens with two attached hydrogens (primary N) is 1. The van der Waals surface area contributed by atoms with Crippen LogP contribution in [0.3, 0.4) is 0 Å². The average Bonchev–Trinajstić information content (AvgIpc) is 3.73. The predicted octanol–water partition coefficient (Wildman–Crippen LogP) is 5.04. The van der Waals surface area contributed by atoms with Crippen LogP contribution in [0.25, 0.3) is 5.57 Å². The largest absolute Gasteiger partial charge is 0.466 e. The fourth-order valence-electron chi connectivity index (χ4n) is 4.87. The van der Waals surface area contributed by atoms with E-state index in [1.165, 1.54) is 12.1 Å². The molecule has 0 bridgehead atoms. The standard InChI is InChI=1S/C31H37ClN2O6S/c1-4-39-29(35)16-25(22-12-14-24(15-13-22)41(37,38)19-21-10-11-21)30(36)34-28-18-31(32,40-20(2)3)26(17-27(28)33)23-8-6-5-7-9-23/h5-9,12-15,17,20-21,25H,4,10-11,16,18-19,33H2,1-3H3,(H,34,36). The first kappa shape index (κ1) is 30.8. The number of rotatable bonds is 12. The number of carbonyl (C=O) groups excluding carboxylic acids is 2. The lowest BCUT2D eigenvalue weighted by molar-refractivity contribution is -0.145. The number of halogens is 1. The van der Waals surface area contributed by atoms with E-state index < -0.39 is 32.7 Å². The summed E-state index contributed by atoms with van der Waals surface area (Å²) in [5, 5.41) is 1.58. The van der Waals surface area contributed by atoms with E-state index in [-0.39, 0.29) is 42.1 Å². The van der Waals surface area contributed by atoms with Gasteiger partial charge in [-0.15, -0.1) is 0 Å². The number of hydrogen-bond acceptors (Lipinski definition) is 7. The number of benzene rings is 2. The molecule has 2 unspecified atom stereocenters. The van der Waals surface area contributed by atoms with Crippen molar-refractivity contribution in [3.05, 3.63) is 83.2 Å². The normalized spacial score (nSPS) is 20.0. The Hall–Kier alpha value is -3.14. The zero-order valence-electron chi connectivity index (χ0n) is 23.6. The number of hydrogen-bond donors (Lipinski definition) is 2. The molecule has 3 N–H and O–H groups in total. The van der Waals surface area contributed by atoms with Crippen molar-refractivity contribution in [1.82, 2.24) is 5.32 Å². The summed E-state index contributed by atoms with van der Waals surface area (Å²) in [6.07, 6.45) is 3.17. The van der Waals surface area contributed by atoms with Gasteiger partial charge in [-0.1, -0.05) is 54.1 Å². The third kappa shape index (κ3) is 7.78. The highest BCUT2D eigenvalue weighted by Crippen LogP contribution is 2.44. The summed E-state index contributed by atoms with van der Waals surface area (Å²) in [5.41, 5.74) is 9.10. The highest BCUT2D eigenvalue weighted by molar-refractivity contribution is 7.91. The lowest BCUT2D eigenvalue weighted by Crippen LogP contribution is -2.40. The predicted molar refractivity (Wildman–Crippen MR) is 158 cm³/mol. The van der Waals surface area contributed by atoms with Crippen LogP contribution in [-0.4, -0.2) is 43.8 Å². The lowest BCUT2D eigenvalue weighted by atomic mass is 9.89. The molecule has 220 valence electrons. The van der Waals surface area contributed by atoms with Gasteiger partial charge in [-0.05, 0) is 68.9 Å². The van der Waals surface area contributed by atoms with Gasteiger partial charge in [0.25, 0.3) is 0 Å². The molecule has 2 atom stereocenters. The van der Waals surface area contributed by atoms with Crippen LogP contribution in [0.4, 0.5) is 0 Å². The van der Waals surface area contributed by atoms with Gasteiger partial charge in [0.1, 0.15) is 0 Å². The van der Waals surface area contributed by atoms with Crippen LogP contribution in [-0.2, 0) is 28.9 Å². The Bertz CT molecular complexity index is 1430. The lowest BCUT2D eigenvalue weighted by Gasteiger charge is -2.36. The molecule has 1 amide bonds. The SMILES string of the molecule is CCOC(=O)CC(C(=O)NC1=C(N)C=C(c2ccccc2)C(Cl)(OC(C)C)C1)c1ccc(S(=O)(=O)CC2CC2)cc1. The number of sulfone groups is 1. The van der Waals surface area contributed by atoms with Crippen molar-refractivity contribution in [3.8, 4) is 0 Å². The molecule has 41 heavy (non-hydrogen) atoms. The first-order valence-electron chi connectivity index (χ1n) is 13.8. The molecular weight excluding hydrogens is 564 g/mol. The smallest absolute Gasteiger partial charge is 0.306 e. The van der Waals surface area contributed by atoms with Gasteiger partial charge in [0.05, 0.1) is 41.4 Å². The zero-order chi connectivity index (χ0) is 29.8. The highest BCUT2D eigenvalue weighted by Gasteiger charge is 2.40. The van der Waals surface area contributed by atoms with Crippen molar-refractivity contribution in [2.45, 2.75) is 68.4 Å². The highest BCUT2D eigenvalue weighted by atomic mass is 35.5. The summed E-state index contributed by atoms with van der Waals surface area (Å²) in [5.74, 6) is -1.68. The van der Waals surface area contributed by atoms with Crippen molar-refractivity contribution in [3.63, 3.8) is 0 Å². The zero-order valence-corrected chi connectivity index (χ0v) is 25.1. The van der Waals surface area contributed by atoms with Crippen molar-refractivity contribution >= 4 is 38.9 Å². The molecule has 0 saturated heterocycles. The molecule has 0 aliphatic heterocycles. The number of amides is 1. The molecule has 0 heterocycles. The van der Waals surface area contributed by atoms with Crippen molar-refractivity contribution < 1.29 is 27.5 Å². The molecule has 0 spiro atoms. The van der Waals surface area contributed by atoms with E-state index in [4.69, 9.17) is 26.8 Å². The van der Waals surface area contributed by atoms with Crippen LogP contribution in [0.5, 0.6) is 0 Å². The summed E-state index contributed by atoms with van der Waals surface area (Å²) in [6.45, 7) is 5.59. The maximum atomic E-state index is 13.7. The molecule has 4 rings (SSSR count). The van der Waals surface area contributed by atoms with E-state index in [0.717, 1.165) is 18.4 Å². The Labute approximate surface area is 246 Å². The van der Waals surface area contributed by atoms with Crippen LogP contribution in [0.15, 0.2) is 77.0 Å². The molecule has 1 fully saturated rings. The van der Waals surface area contributed by atoms with Crippen LogP contribution in [0, 0.1) is 5.92 Å². The van der Waals surface area contributed by atoms with Crippen LogP contribution in [0.2, 0.25) is 0 Å². The summed E-state index contributed by atoms with van der Waals surface area (Å²) >= 11 is 7.07. The minimum atomic E-state index is -3.42. The molecule has 1 saturated carbocycles. The Balaban J connectivity index is 1.63. The Morgan fingerprint density at radius 1 is 1.10 bits per heavy atom. The number of esters is 1. The summed E-state index contributed by atoms with van der Waals surface area (Å²) in [4.78, 5) is 26.4. The van der Waals surface area contributed by atoms with Crippen LogP contribution in [0.1, 0.15) is 63.5 Å². The third-order valence-electron chi connectivity index (χ3n) is 7.02. The average molecular weight is 601 g/mol. The number of nitrogens with one attached hydrogen (secondary N) is 1. The van der Waals surface area contributed by atoms with Crippen molar-refractivity contribution in [1.29, 1.82) is 0 Å².